The van der Waals surface area contributed by atoms with Crippen LogP contribution in [0.3, 0.4) is 0 Å². The van der Waals surface area contributed by atoms with Crippen molar-refractivity contribution in [2.45, 2.75) is 44.8 Å². The van der Waals surface area contributed by atoms with Crippen molar-refractivity contribution in [3.05, 3.63) is 40.8 Å². The SMILES string of the molecule is CCCc1cc(N2CCC(NCC(O)COc3cccc(OC)c3)CC2)nc2sc(C(N)=O)c(N)c12. The van der Waals surface area contributed by atoms with Gasteiger partial charge in [0.25, 0.3) is 5.91 Å². The predicted octanol–water partition coefficient (Wildman–Crippen LogP) is 2.94. The van der Waals surface area contributed by atoms with Crippen LogP contribution in [0, 0.1) is 0 Å². The standard InChI is InChI=1S/C26H35N5O4S/c1-3-5-16-12-21(30-26-22(16)23(27)24(36-26)25(28)33)31-10-8-17(9-11-31)29-14-18(32)15-35-20-7-4-6-19(13-20)34-2/h4,6-7,12-13,17-18,29,32H,3,5,8-11,14-15,27H2,1-2H3,(H2,28,33). The molecule has 194 valence electrons. The number of piperidine rings is 1. The molecule has 1 unspecified atom stereocenters. The summed E-state index contributed by atoms with van der Waals surface area (Å²) in [5, 5.41) is 14.7. The van der Waals surface area contributed by atoms with E-state index in [1.54, 1.807) is 13.2 Å². The molecule has 3 aromatic rings. The Hall–Kier alpha value is -3.08. The van der Waals surface area contributed by atoms with Crippen molar-refractivity contribution in [3.63, 3.8) is 0 Å². The molecule has 36 heavy (non-hydrogen) atoms. The summed E-state index contributed by atoms with van der Waals surface area (Å²) in [6.07, 6.45) is 3.09. The van der Waals surface area contributed by atoms with Gasteiger partial charge in [0, 0.05) is 37.1 Å². The van der Waals surface area contributed by atoms with Gasteiger partial charge in [-0.15, -0.1) is 11.3 Å². The Kier molecular flexibility index (Phi) is 8.50. The maximum atomic E-state index is 11.8. The van der Waals surface area contributed by atoms with Gasteiger partial charge in [0.1, 0.15) is 39.7 Å². The number of nitrogens with two attached hydrogens (primary N) is 2. The van der Waals surface area contributed by atoms with Crippen molar-refractivity contribution in [3.8, 4) is 11.5 Å². The molecule has 0 radical (unpaired) electrons. The lowest BCUT2D eigenvalue weighted by Crippen LogP contribution is -2.45. The fourth-order valence-electron chi connectivity index (χ4n) is 4.55. The third-order valence-corrected chi connectivity index (χ3v) is 7.57. The number of carbonyl (C=O) groups is 1. The molecule has 0 aliphatic carbocycles. The lowest BCUT2D eigenvalue weighted by molar-refractivity contribution is 0.100. The average Bonchev–Trinajstić information content (AvgIpc) is 3.23. The highest BCUT2D eigenvalue weighted by atomic mass is 32.1. The molecule has 1 saturated heterocycles. The molecule has 9 nitrogen and oxygen atoms in total. The summed E-state index contributed by atoms with van der Waals surface area (Å²) < 4.78 is 10.9. The minimum atomic E-state index is -0.612. The number of hydrogen-bond acceptors (Lipinski definition) is 9. The van der Waals surface area contributed by atoms with Crippen LogP contribution in [0.5, 0.6) is 11.5 Å². The molecule has 0 saturated carbocycles. The quantitative estimate of drug-likeness (QED) is 0.307. The number of nitrogen functional groups attached to an aromatic ring is 1. The summed E-state index contributed by atoms with van der Waals surface area (Å²) in [5.41, 5.74) is 13.3. The summed E-state index contributed by atoms with van der Waals surface area (Å²) >= 11 is 1.27. The van der Waals surface area contributed by atoms with Gasteiger partial charge in [-0.25, -0.2) is 4.98 Å². The van der Waals surface area contributed by atoms with Gasteiger partial charge in [0.15, 0.2) is 0 Å². The Morgan fingerprint density at radius 2 is 2.06 bits per heavy atom. The number of nitrogens with zero attached hydrogens (tertiary/aromatic N) is 2. The monoisotopic (exact) mass is 513 g/mol. The lowest BCUT2D eigenvalue weighted by atomic mass is 10.0. The van der Waals surface area contributed by atoms with E-state index in [1.165, 1.54) is 11.3 Å². The van der Waals surface area contributed by atoms with Crippen LogP contribution in [0.4, 0.5) is 11.5 Å². The first-order chi connectivity index (χ1) is 17.4. The van der Waals surface area contributed by atoms with E-state index >= 15 is 0 Å². The van der Waals surface area contributed by atoms with Gasteiger partial charge in [0.2, 0.25) is 0 Å². The first-order valence-electron chi connectivity index (χ1n) is 12.3. The van der Waals surface area contributed by atoms with Crippen LogP contribution in [-0.2, 0) is 6.42 Å². The number of benzene rings is 1. The number of aliphatic hydroxyl groups is 1. The Balaban J connectivity index is 1.32. The first kappa shape index (κ1) is 26.0. The number of nitrogens with one attached hydrogen (secondary N) is 1. The van der Waals surface area contributed by atoms with E-state index in [0.29, 0.717) is 28.9 Å². The van der Waals surface area contributed by atoms with Crippen LogP contribution in [-0.4, -0.2) is 61.5 Å². The highest BCUT2D eigenvalue weighted by Gasteiger charge is 2.24. The van der Waals surface area contributed by atoms with Gasteiger partial charge in [-0.1, -0.05) is 19.4 Å². The fourth-order valence-corrected chi connectivity index (χ4v) is 5.54. The Morgan fingerprint density at radius 3 is 2.75 bits per heavy atom. The Bertz CT molecular complexity index is 1190. The minimum Gasteiger partial charge on any atom is -0.497 e. The summed E-state index contributed by atoms with van der Waals surface area (Å²) in [4.78, 5) is 20.1. The molecule has 1 aliphatic heterocycles. The third-order valence-electron chi connectivity index (χ3n) is 6.45. The number of anilines is 2. The molecule has 3 heterocycles. The molecule has 0 spiro atoms. The van der Waals surface area contributed by atoms with Gasteiger partial charge in [-0.05, 0) is 43.0 Å². The Morgan fingerprint density at radius 1 is 1.31 bits per heavy atom. The van der Waals surface area contributed by atoms with E-state index in [0.717, 1.165) is 66.1 Å². The van der Waals surface area contributed by atoms with Gasteiger partial charge in [-0.2, -0.15) is 0 Å². The largest absolute Gasteiger partial charge is 0.497 e. The van der Waals surface area contributed by atoms with Crippen molar-refractivity contribution in [1.82, 2.24) is 10.3 Å². The zero-order chi connectivity index (χ0) is 25.7. The van der Waals surface area contributed by atoms with Crippen molar-refractivity contribution >= 4 is 39.0 Å². The number of aryl methyl sites for hydroxylation is 1. The van der Waals surface area contributed by atoms with Crippen LogP contribution in [0.15, 0.2) is 30.3 Å². The lowest BCUT2D eigenvalue weighted by Gasteiger charge is -2.34. The summed E-state index contributed by atoms with van der Waals surface area (Å²) in [6, 6.07) is 9.76. The molecule has 6 N–H and O–H groups in total. The number of methoxy groups -OCH3 is 1. The van der Waals surface area contributed by atoms with E-state index in [4.69, 9.17) is 25.9 Å². The highest BCUT2D eigenvalue weighted by Crippen LogP contribution is 2.37. The molecule has 1 aromatic carbocycles. The van der Waals surface area contributed by atoms with Gasteiger partial charge in [0.05, 0.1) is 12.8 Å². The van der Waals surface area contributed by atoms with Crippen molar-refractivity contribution in [2.24, 2.45) is 5.73 Å². The number of primary amides is 1. The molecular formula is C26H35N5O4S. The number of fused-ring (bicyclic) bond motifs is 1. The van der Waals surface area contributed by atoms with Crippen LogP contribution >= 0.6 is 11.3 Å². The molecule has 2 aromatic heterocycles. The topological polar surface area (TPSA) is 136 Å². The minimum absolute atomic E-state index is 0.209. The second-order valence-electron chi connectivity index (χ2n) is 9.09. The predicted molar refractivity (Wildman–Crippen MR) is 144 cm³/mol. The molecular weight excluding hydrogens is 478 g/mol. The zero-order valence-corrected chi connectivity index (χ0v) is 21.6. The number of aromatic nitrogens is 1. The second-order valence-corrected chi connectivity index (χ2v) is 10.1. The van der Waals surface area contributed by atoms with Gasteiger partial charge < -0.3 is 36.3 Å². The molecule has 1 aliphatic rings. The normalized spacial score (nSPS) is 15.2. The number of thiophene rings is 1. The van der Waals surface area contributed by atoms with E-state index in [1.807, 2.05) is 18.2 Å². The molecule has 4 rings (SSSR count). The number of carbonyl (C=O) groups excluding carboxylic acids is 1. The molecule has 10 heteroatoms. The maximum Gasteiger partial charge on any atom is 0.260 e. The number of ether oxygens (including phenoxy) is 2. The molecule has 0 bridgehead atoms. The van der Waals surface area contributed by atoms with Crippen molar-refractivity contribution in [2.75, 3.05) is 44.0 Å². The fraction of sp³-hybridized carbons (Fsp3) is 0.462. The maximum absolute atomic E-state index is 11.8. The molecule has 1 fully saturated rings. The Labute approximate surface area is 215 Å². The first-order valence-corrected chi connectivity index (χ1v) is 13.2. The second kappa shape index (κ2) is 11.8. The number of rotatable bonds is 11. The van der Waals surface area contributed by atoms with Crippen LogP contribution in [0.1, 0.15) is 41.4 Å². The summed E-state index contributed by atoms with van der Waals surface area (Å²) in [7, 11) is 1.61. The van der Waals surface area contributed by atoms with Crippen LogP contribution < -0.4 is 31.2 Å². The van der Waals surface area contributed by atoms with E-state index in [9.17, 15) is 9.90 Å². The van der Waals surface area contributed by atoms with Gasteiger partial charge >= 0.3 is 0 Å². The van der Waals surface area contributed by atoms with Gasteiger partial charge in [-0.3, -0.25) is 4.79 Å². The van der Waals surface area contributed by atoms with Crippen molar-refractivity contribution < 1.29 is 19.4 Å². The molecule has 1 amide bonds. The average molecular weight is 514 g/mol. The smallest absolute Gasteiger partial charge is 0.260 e. The van der Waals surface area contributed by atoms with Crippen LogP contribution in [0.2, 0.25) is 0 Å². The number of aliphatic hydroxyl groups excluding tert-OH is 1. The third kappa shape index (κ3) is 6.00. The van der Waals surface area contributed by atoms with E-state index < -0.39 is 12.0 Å². The van der Waals surface area contributed by atoms with E-state index in [-0.39, 0.29) is 6.61 Å². The van der Waals surface area contributed by atoms with Crippen LogP contribution in [0.25, 0.3) is 10.2 Å². The number of pyridine rings is 1. The summed E-state index contributed by atoms with van der Waals surface area (Å²) in [5.74, 6) is 1.79. The number of amides is 1. The number of hydrogen-bond donors (Lipinski definition) is 4. The zero-order valence-electron chi connectivity index (χ0n) is 20.8. The summed E-state index contributed by atoms with van der Waals surface area (Å²) in [6.45, 7) is 4.49. The van der Waals surface area contributed by atoms with E-state index in [2.05, 4.69) is 23.2 Å². The highest BCUT2D eigenvalue weighted by molar-refractivity contribution is 7.21. The molecule has 1 atom stereocenters. The van der Waals surface area contributed by atoms with Crippen molar-refractivity contribution in [1.29, 1.82) is 0 Å².